The van der Waals surface area contributed by atoms with E-state index in [1.54, 1.807) is 13.2 Å². The molecule has 0 aliphatic heterocycles. The molecule has 1 aromatic rings. The number of pyridine rings is 1. The van der Waals surface area contributed by atoms with E-state index in [4.69, 9.17) is 5.26 Å². The number of nitrogens with one attached hydrogen (secondary N) is 1. The molecule has 0 saturated carbocycles. The monoisotopic (exact) mass is 189 g/mol. The molecule has 72 valence electrons. The topological polar surface area (TPSA) is 68.9 Å². The lowest BCUT2D eigenvalue weighted by Crippen LogP contribution is -2.42. The van der Waals surface area contributed by atoms with Crippen LogP contribution < -0.4 is 5.32 Å². The van der Waals surface area contributed by atoms with Crippen molar-refractivity contribution in [3.8, 4) is 11.9 Å². The van der Waals surface area contributed by atoms with Crippen LogP contribution in [0.25, 0.3) is 0 Å². The summed E-state index contributed by atoms with van der Waals surface area (Å²) >= 11 is 0. The molecule has 0 aromatic carbocycles. The third kappa shape index (κ3) is 1.14. The average molecular weight is 189 g/mol. The summed E-state index contributed by atoms with van der Waals surface area (Å²) in [5.74, 6) is 0.0508. The van der Waals surface area contributed by atoms with Crippen molar-refractivity contribution in [2.24, 2.45) is 0 Å². The highest BCUT2D eigenvalue weighted by atomic mass is 16.3. The Balaban J connectivity index is 2.44. The van der Waals surface area contributed by atoms with Crippen molar-refractivity contribution in [1.29, 1.82) is 5.26 Å². The Morgan fingerprint density at radius 2 is 2.43 bits per heavy atom. The fourth-order valence-electron chi connectivity index (χ4n) is 1.88. The first kappa shape index (κ1) is 8.97. The number of nitrogens with zero attached hydrogens (tertiary/aromatic N) is 2. The van der Waals surface area contributed by atoms with Gasteiger partial charge in [-0.3, -0.25) is 0 Å². The number of likely N-dealkylation sites (N-methyl/N-ethyl adjacent to an activating group) is 1. The third-order valence-electron chi connectivity index (χ3n) is 2.79. The predicted octanol–water partition coefficient (Wildman–Crippen LogP) is 0.368. The fourth-order valence-corrected chi connectivity index (χ4v) is 1.88. The quantitative estimate of drug-likeness (QED) is 0.669. The second-order valence-electron chi connectivity index (χ2n) is 3.57. The summed E-state index contributed by atoms with van der Waals surface area (Å²) < 4.78 is 0. The molecular weight excluding hydrogens is 178 g/mol. The van der Waals surface area contributed by atoms with Crippen LogP contribution in [-0.4, -0.2) is 22.7 Å². The number of hydrogen-bond acceptors (Lipinski definition) is 4. The summed E-state index contributed by atoms with van der Waals surface area (Å²) in [6.45, 7) is 0. The molecule has 1 atom stereocenters. The van der Waals surface area contributed by atoms with E-state index in [2.05, 4.69) is 16.4 Å². The second-order valence-corrected chi connectivity index (χ2v) is 3.57. The van der Waals surface area contributed by atoms with Crippen molar-refractivity contribution in [2.75, 3.05) is 7.05 Å². The fraction of sp³-hybridized carbons (Fsp3) is 0.400. The third-order valence-corrected chi connectivity index (χ3v) is 2.79. The molecule has 2 rings (SSSR count). The molecule has 1 heterocycles. The minimum atomic E-state index is -0.567. The zero-order chi connectivity index (χ0) is 10.2. The van der Waals surface area contributed by atoms with Crippen molar-refractivity contribution >= 4 is 0 Å². The highest BCUT2D eigenvalue weighted by Crippen LogP contribution is 2.33. The molecular formula is C10H11N3O. The van der Waals surface area contributed by atoms with Crippen molar-refractivity contribution in [2.45, 2.75) is 18.4 Å². The van der Waals surface area contributed by atoms with E-state index in [0.29, 0.717) is 12.8 Å². The molecule has 1 aromatic heterocycles. The lowest BCUT2D eigenvalue weighted by Gasteiger charge is -2.18. The van der Waals surface area contributed by atoms with Crippen LogP contribution in [0, 0.1) is 11.3 Å². The maximum Gasteiger partial charge on any atom is 0.214 e. The van der Waals surface area contributed by atoms with Crippen molar-refractivity contribution in [3.05, 3.63) is 23.4 Å². The first-order valence-corrected chi connectivity index (χ1v) is 4.47. The summed E-state index contributed by atoms with van der Waals surface area (Å²) in [6.07, 6.45) is 2.72. The van der Waals surface area contributed by atoms with Gasteiger partial charge in [0.15, 0.2) is 0 Å². The Morgan fingerprint density at radius 1 is 1.64 bits per heavy atom. The Kier molecular flexibility index (Phi) is 1.90. The molecule has 1 unspecified atom stereocenters. The second kappa shape index (κ2) is 2.96. The zero-order valence-electron chi connectivity index (χ0n) is 7.91. The highest BCUT2D eigenvalue weighted by Gasteiger charge is 2.37. The van der Waals surface area contributed by atoms with Gasteiger partial charge in [-0.15, -0.1) is 0 Å². The van der Waals surface area contributed by atoms with E-state index in [-0.39, 0.29) is 5.88 Å². The maximum absolute atomic E-state index is 9.51. The van der Waals surface area contributed by atoms with Crippen LogP contribution in [0.5, 0.6) is 5.88 Å². The van der Waals surface area contributed by atoms with Gasteiger partial charge in [0.2, 0.25) is 5.88 Å². The number of nitriles is 1. The Bertz CT molecular complexity index is 410. The number of fused-ring (bicyclic) bond motifs is 1. The van der Waals surface area contributed by atoms with Crippen LogP contribution in [0.3, 0.4) is 0 Å². The molecule has 0 radical (unpaired) electrons. The summed E-state index contributed by atoms with van der Waals surface area (Å²) in [4.78, 5) is 3.80. The van der Waals surface area contributed by atoms with E-state index in [1.807, 2.05) is 6.07 Å². The number of hydrogen-bond donors (Lipinski definition) is 2. The number of aromatic nitrogens is 1. The van der Waals surface area contributed by atoms with Gasteiger partial charge in [-0.25, -0.2) is 4.98 Å². The van der Waals surface area contributed by atoms with Crippen LogP contribution in [0.4, 0.5) is 0 Å². The van der Waals surface area contributed by atoms with E-state index < -0.39 is 5.54 Å². The van der Waals surface area contributed by atoms with Gasteiger partial charge in [0.25, 0.3) is 0 Å². The van der Waals surface area contributed by atoms with Gasteiger partial charge < -0.3 is 10.4 Å². The molecule has 14 heavy (non-hydrogen) atoms. The summed E-state index contributed by atoms with van der Waals surface area (Å²) in [6, 6.07) is 4.10. The lowest BCUT2D eigenvalue weighted by molar-refractivity contribution is 0.435. The van der Waals surface area contributed by atoms with Crippen LogP contribution in [-0.2, 0) is 12.8 Å². The van der Waals surface area contributed by atoms with Crippen LogP contribution in [0.1, 0.15) is 11.1 Å². The average Bonchev–Trinajstić information content (AvgIpc) is 2.59. The molecule has 0 bridgehead atoms. The van der Waals surface area contributed by atoms with Crippen LogP contribution in [0.15, 0.2) is 12.3 Å². The molecule has 1 aliphatic carbocycles. The molecule has 2 N–H and O–H groups in total. The molecule has 0 spiro atoms. The van der Waals surface area contributed by atoms with Gasteiger partial charge in [-0.1, -0.05) is 0 Å². The van der Waals surface area contributed by atoms with E-state index in [1.165, 1.54) is 0 Å². The van der Waals surface area contributed by atoms with Crippen molar-refractivity contribution in [1.82, 2.24) is 10.3 Å². The Morgan fingerprint density at radius 3 is 3.00 bits per heavy atom. The first-order valence-electron chi connectivity index (χ1n) is 4.47. The highest BCUT2D eigenvalue weighted by molar-refractivity contribution is 5.44. The van der Waals surface area contributed by atoms with Gasteiger partial charge in [-0.05, 0) is 18.7 Å². The predicted molar refractivity (Wildman–Crippen MR) is 50.7 cm³/mol. The zero-order valence-corrected chi connectivity index (χ0v) is 7.91. The Hall–Kier alpha value is -1.60. The summed E-state index contributed by atoms with van der Waals surface area (Å²) in [7, 11) is 1.76. The van der Waals surface area contributed by atoms with Crippen molar-refractivity contribution < 1.29 is 5.11 Å². The minimum Gasteiger partial charge on any atom is -0.493 e. The number of rotatable bonds is 1. The van der Waals surface area contributed by atoms with E-state index >= 15 is 0 Å². The molecule has 0 saturated heterocycles. The lowest BCUT2D eigenvalue weighted by atomic mass is 9.98. The van der Waals surface area contributed by atoms with Gasteiger partial charge >= 0.3 is 0 Å². The largest absolute Gasteiger partial charge is 0.493 e. The molecule has 0 fully saturated rings. The number of aromatic hydroxyl groups is 1. The van der Waals surface area contributed by atoms with E-state index in [0.717, 1.165) is 11.1 Å². The smallest absolute Gasteiger partial charge is 0.214 e. The summed E-state index contributed by atoms with van der Waals surface area (Å²) in [5, 5.41) is 21.6. The standard InChI is InChI=1S/C10H11N3O/c1-12-10(6-11)4-7-2-3-13-9(14)8(7)5-10/h2-3,12H,4-5H2,1H3,(H,13,14). The van der Waals surface area contributed by atoms with Gasteiger partial charge in [0, 0.05) is 24.6 Å². The van der Waals surface area contributed by atoms with Gasteiger partial charge in [0.05, 0.1) is 6.07 Å². The van der Waals surface area contributed by atoms with Crippen LogP contribution >= 0.6 is 0 Å². The van der Waals surface area contributed by atoms with E-state index in [9.17, 15) is 5.11 Å². The Labute approximate surface area is 82.2 Å². The summed E-state index contributed by atoms with van der Waals surface area (Å²) in [5.41, 5.74) is 1.24. The molecule has 0 amide bonds. The molecule has 4 nitrogen and oxygen atoms in total. The maximum atomic E-state index is 9.51. The normalized spacial score (nSPS) is 24.3. The first-order chi connectivity index (χ1) is 6.71. The molecule has 1 aliphatic rings. The SMILES string of the molecule is CNC1(C#N)Cc2ccnc(O)c2C1. The van der Waals surface area contributed by atoms with Crippen LogP contribution in [0.2, 0.25) is 0 Å². The molecule has 4 heteroatoms. The van der Waals surface area contributed by atoms with Crippen molar-refractivity contribution in [3.63, 3.8) is 0 Å². The minimum absolute atomic E-state index is 0.0508. The van der Waals surface area contributed by atoms with Gasteiger partial charge in [0.1, 0.15) is 5.54 Å². The van der Waals surface area contributed by atoms with Gasteiger partial charge in [-0.2, -0.15) is 5.26 Å².